The zero-order valence-corrected chi connectivity index (χ0v) is 11.3. The maximum atomic E-state index is 12.1. The molecule has 1 saturated heterocycles. The number of hydrogen-bond acceptors (Lipinski definition) is 4. The van der Waals surface area contributed by atoms with Gasteiger partial charge in [-0.3, -0.25) is 0 Å². The number of methoxy groups -OCH3 is 1. The van der Waals surface area contributed by atoms with Crippen molar-refractivity contribution in [3.05, 3.63) is 24.3 Å². The van der Waals surface area contributed by atoms with Crippen LogP contribution in [0.15, 0.2) is 29.2 Å². The molecule has 0 N–H and O–H groups in total. The molecule has 1 aromatic carbocycles. The van der Waals surface area contributed by atoms with Gasteiger partial charge in [-0.25, -0.2) is 8.42 Å². The second-order valence-corrected chi connectivity index (χ2v) is 6.53. The van der Waals surface area contributed by atoms with Crippen LogP contribution in [0.2, 0.25) is 0 Å². The molecule has 0 spiro atoms. The first-order valence-corrected chi connectivity index (χ1v) is 7.75. The quantitative estimate of drug-likeness (QED) is 0.821. The van der Waals surface area contributed by atoms with Crippen LogP contribution >= 0.6 is 0 Å². The minimum atomic E-state index is -3.24. The van der Waals surface area contributed by atoms with Crippen LogP contribution in [0.3, 0.4) is 0 Å². The van der Waals surface area contributed by atoms with Crippen LogP contribution in [-0.4, -0.2) is 34.0 Å². The van der Waals surface area contributed by atoms with Gasteiger partial charge in [0.15, 0.2) is 9.84 Å². The lowest BCUT2D eigenvalue weighted by Gasteiger charge is -2.10. The fraction of sp³-hybridized carbons (Fsp3) is 0.538. The molecule has 1 fully saturated rings. The van der Waals surface area contributed by atoms with Crippen LogP contribution in [0.25, 0.3) is 0 Å². The van der Waals surface area contributed by atoms with Crippen molar-refractivity contribution in [2.75, 3.05) is 19.5 Å². The topological polar surface area (TPSA) is 52.6 Å². The van der Waals surface area contributed by atoms with E-state index in [0.29, 0.717) is 17.1 Å². The fourth-order valence-electron chi connectivity index (χ4n) is 2.07. The second-order valence-electron chi connectivity index (χ2n) is 4.42. The van der Waals surface area contributed by atoms with Crippen molar-refractivity contribution in [2.45, 2.75) is 30.3 Å². The molecule has 1 heterocycles. The Morgan fingerprint density at radius 3 is 2.94 bits per heavy atom. The van der Waals surface area contributed by atoms with Crippen molar-refractivity contribution in [3.8, 4) is 5.75 Å². The summed E-state index contributed by atoms with van der Waals surface area (Å²) in [7, 11) is -1.71. The largest absolute Gasteiger partial charge is 0.497 e. The molecule has 1 aromatic rings. The van der Waals surface area contributed by atoms with Gasteiger partial charge in [-0.05, 0) is 37.5 Å². The van der Waals surface area contributed by atoms with Gasteiger partial charge in [0, 0.05) is 6.61 Å². The summed E-state index contributed by atoms with van der Waals surface area (Å²) in [4.78, 5) is 0.319. The van der Waals surface area contributed by atoms with Crippen molar-refractivity contribution < 1.29 is 17.9 Å². The predicted molar refractivity (Wildman–Crippen MR) is 68.6 cm³/mol. The van der Waals surface area contributed by atoms with E-state index in [1.165, 1.54) is 7.11 Å². The van der Waals surface area contributed by atoms with E-state index in [4.69, 9.17) is 9.47 Å². The standard InChI is InChI=1S/C13H18O4S/c1-16-12-4-2-6-13(10-12)18(14,15)9-7-11-5-3-8-17-11/h2,4,6,10-11H,3,5,7-9H2,1H3. The average Bonchev–Trinajstić information content (AvgIpc) is 2.90. The van der Waals surface area contributed by atoms with Gasteiger partial charge in [0.25, 0.3) is 0 Å². The highest BCUT2D eigenvalue weighted by molar-refractivity contribution is 7.91. The third kappa shape index (κ3) is 3.23. The molecular formula is C13H18O4S. The van der Waals surface area contributed by atoms with Crippen molar-refractivity contribution in [1.82, 2.24) is 0 Å². The molecular weight excluding hydrogens is 252 g/mol. The molecule has 5 heteroatoms. The van der Waals surface area contributed by atoms with Crippen LogP contribution in [0.5, 0.6) is 5.75 Å². The summed E-state index contributed by atoms with van der Waals surface area (Å²) >= 11 is 0. The fourth-order valence-corrected chi connectivity index (χ4v) is 3.46. The molecule has 100 valence electrons. The number of hydrogen-bond donors (Lipinski definition) is 0. The lowest BCUT2D eigenvalue weighted by molar-refractivity contribution is 0.109. The lowest BCUT2D eigenvalue weighted by atomic mass is 10.2. The van der Waals surface area contributed by atoms with E-state index in [-0.39, 0.29) is 11.9 Å². The van der Waals surface area contributed by atoms with E-state index in [0.717, 1.165) is 19.4 Å². The van der Waals surface area contributed by atoms with Gasteiger partial charge >= 0.3 is 0 Å². The van der Waals surface area contributed by atoms with Gasteiger partial charge in [0.05, 0.1) is 23.9 Å². The Labute approximate surface area is 108 Å². The zero-order chi connectivity index (χ0) is 13.0. The Hall–Kier alpha value is -1.07. The van der Waals surface area contributed by atoms with Crippen LogP contribution in [-0.2, 0) is 14.6 Å². The van der Waals surface area contributed by atoms with Gasteiger partial charge in [0.1, 0.15) is 5.75 Å². The Morgan fingerprint density at radius 2 is 2.28 bits per heavy atom. The molecule has 18 heavy (non-hydrogen) atoms. The third-order valence-corrected chi connectivity index (χ3v) is 4.88. The first-order valence-electron chi connectivity index (χ1n) is 6.10. The molecule has 0 radical (unpaired) electrons. The molecule has 2 rings (SSSR count). The summed E-state index contributed by atoms with van der Waals surface area (Å²) in [6, 6.07) is 6.59. The van der Waals surface area contributed by atoms with E-state index >= 15 is 0 Å². The zero-order valence-electron chi connectivity index (χ0n) is 10.5. The summed E-state index contributed by atoms with van der Waals surface area (Å²) in [6.07, 6.45) is 2.67. The minimum absolute atomic E-state index is 0.102. The van der Waals surface area contributed by atoms with E-state index in [9.17, 15) is 8.42 Å². The van der Waals surface area contributed by atoms with Crippen LogP contribution in [0.4, 0.5) is 0 Å². The number of ether oxygens (including phenoxy) is 2. The summed E-state index contributed by atoms with van der Waals surface area (Å²) in [5.74, 6) is 0.693. The first-order chi connectivity index (χ1) is 8.62. The van der Waals surface area contributed by atoms with Crippen LogP contribution in [0, 0.1) is 0 Å². The normalized spacial score (nSPS) is 19.9. The SMILES string of the molecule is COc1cccc(S(=O)(=O)CCC2CCCO2)c1. The van der Waals surface area contributed by atoms with Crippen molar-refractivity contribution in [3.63, 3.8) is 0 Å². The predicted octanol–water partition coefficient (Wildman–Crippen LogP) is 2.04. The maximum absolute atomic E-state index is 12.1. The Morgan fingerprint density at radius 1 is 1.44 bits per heavy atom. The number of sulfone groups is 1. The van der Waals surface area contributed by atoms with E-state index in [1.54, 1.807) is 24.3 Å². The molecule has 4 nitrogen and oxygen atoms in total. The number of benzene rings is 1. The van der Waals surface area contributed by atoms with Gasteiger partial charge in [-0.1, -0.05) is 6.07 Å². The van der Waals surface area contributed by atoms with Gasteiger partial charge in [0.2, 0.25) is 0 Å². The van der Waals surface area contributed by atoms with Crippen molar-refractivity contribution in [1.29, 1.82) is 0 Å². The molecule has 0 bridgehead atoms. The highest BCUT2D eigenvalue weighted by atomic mass is 32.2. The highest BCUT2D eigenvalue weighted by Gasteiger charge is 2.21. The highest BCUT2D eigenvalue weighted by Crippen LogP contribution is 2.21. The molecule has 1 atom stereocenters. The summed E-state index contributed by atoms with van der Waals surface area (Å²) in [6.45, 7) is 0.754. The molecule has 0 amide bonds. The minimum Gasteiger partial charge on any atom is -0.497 e. The van der Waals surface area contributed by atoms with E-state index in [1.807, 2.05) is 0 Å². The Balaban J connectivity index is 2.04. The molecule has 1 aliphatic heterocycles. The van der Waals surface area contributed by atoms with Crippen molar-refractivity contribution >= 4 is 9.84 Å². The third-order valence-electron chi connectivity index (χ3n) is 3.13. The van der Waals surface area contributed by atoms with Crippen LogP contribution in [0.1, 0.15) is 19.3 Å². The smallest absolute Gasteiger partial charge is 0.178 e. The summed E-state index contributed by atoms with van der Waals surface area (Å²) in [5.41, 5.74) is 0. The molecule has 0 aromatic heterocycles. The average molecular weight is 270 g/mol. The number of rotatable bonds is 5. The van der Waals surface area contributed by atoms with Crippen molar-refractivity contribution in [2.24, 2.45) is 0 Å². The van der Waals surface area contributed by atoms with Gasteiger partial charge in [-0.2, -0.15) is 0 Å². The molecule has 1 aliphatic rings. The first kappa shape index (κ1) is 13.4. The van der Waals surface area contributed by atoms with Crippen LogP contribution < -0.4 is 4.74 Å². The maximum Gasteiger partial charge on any atom is 0.178 e. The molecule has 1 unspecified atom stereocenters. The monoisotopic (exact) mass is 270 g/mol. The molecule has 0 saturated carbocycles. The summed E-state index contributed by atoms with van der Waals surface area (Å²) in [5, 5.41) is 0. The van der Waals surface area contributed by atoms with Gasteiger partial charge in [-0.15, -0.1) is 0 Å². The van der Waals surface area contributed by atoms with E-state index < -0.39 is 9.84 Å². The lowest BCUT2D eigenvalue weighted by Crippen LogP contribution is -2.14. The molecule has 0 aliphatic carbocycles. The second kappa shape index (κ2) is 5.71. The summed E-state index contributed by atoms with van der Waals surface area (Å²) < 4.78 is 34.8. The Kier molecular flexibility index (Phi) is 4.24. The van der Waals surface area contributed by atoms with E-state index in [2.05, 4.69) is 0 Å². The van der Waals surface area contributed by atoms with Gasteiger partial charge < -0.3 is 9.47 Å². The Bertz CT molecular complexity index is 489.